The van der Waals surface area contributed by atoms with Gasteiger partial charge in [-0.3, -0.25) is 0 Å². The third-order valence-electron chi connectivity index (χ3n) is 2.93. The molecule has 0 aliphatic heterocycles. The SMILES string of the molecule is [CH2]c1ccc(OCCCCCCNC(=O)OC(C)(C)C)cc1. The third kappa shape index (κ3) is 9.27. The van der Waals surface area contributed by atoms with Crippen LogP contribution >= 0.6 is 0 Å². The smallest absolute Gasteiger partial charge is 0.407 e. The molecule has 0 aromatic heterocycles. The molecular weight excluding hydrogens is 278 g/mol. The number of nitrogens with one attached hydrogen (secondary N) is 1. The number of alkyl carbamates (subject to hydrolysis) is 1. The molecule has 0 fully saturated rings. The fraction of sp³-hybridized carbons (Fsp3) is 0.556. The van der Waals surface area contributed by atoms with E-state index < -0.39 is 5.60 Å². The number of ether oxygens (including phenoxy) is 2. The standard InChI is InChI=1S/C18H28NO3/c1-15-9-11-16(12-10-15)21-14-8-6-5-7-13-19-17(20)22-18(2,3)4/h9-12H,1,5-8,13-14H2,2-4H3,(H,19,20). The number of hydrogen-bond donors (Lipinski definition) is 1. The molecule has 1 radical (unpaired) electrons. The molecule has 1 aromatic rings. The first-order chi connectivity index (χ1) is 10.4. The summed E-state index contributed by atoms with van der Waals surface area (Å²) in [5.41, 5.74) is 0.554. The van der Waals surface area contributed by atoms with Gasteiger partial charge in [-0.2, -0.15) is 0 Å². The lowest BCUT2D eigenvalue weighted by molar-refractivity contribution is 0.0527. The number of hydrogen-bond acceptors (Lipinski definition) is 3. The summed E-state index contributed by atoms with van der Waals surface area (Å²) in [6, 6.07) is 7.76. The van der Waals surface area contributed by atoms with E-state index in [0.29, 0.717) is 6.54 Å². The van der Waals surface area contributed by atoms with E-state index in [4.69, 9.17) is 9.47 Å². The Labute approximate surface area is 134 Å². The van der Waals surface area contributed by atoms with Crippen LogP contribution in [0.2, 0.25) is 0 Å². The molecule has 1 rings (SSSR count). The summed E-state index contributed by atoms with van der Waals surface area (Å²) in [6.07, 6.45) is 3.78. The van der Waals surface area contributed by atoms with Gasteiger partial charge in [0, 0.05) is 6.54 Å². The Balaban J connectivity index is 1.95. The summed E-state index contributed by atoms with van der Waals surface area (Å²) in [5, 5.41) is 2.76. The number of rotatable bonds is 8. The van der Waals surface area contributed by atoms with Crippen molar-refractivity contribution in [1.29, 1.82) is 0 Å². The number of amides is 1. The van der Waals surface area contributed by atoms with Crippen molar-refractivity contribution in [2.45, 2.75) is 52.1 Å². The minimum Gasteiger partial charge on any atom is -0.494 e. The lowest BCUT2D eigenvalue weighted by atomic mass is 10.2. The van der Waals surface area contributed by atoms with Gasteiger partial charge in [0.05, 0.1) is 6.61 Å². The Kier molecular flexibility index (Phi) is 7.78. The van der Waals surface area contributed by atoms with Crippen LogP contribution in [0.1, 0.15) is 52.0 Å². The predicted molar refractivity (Wildman–Crippen MR) is 89.1 cm³/mol. The van der Waals surface area contributed by atoms with Gasteiger partial charge >= 0.3 is 6.09 Å². The van der Waals surface area contributed by atoms with Crippen LogP contribution < -0.4 is 10.1 Å². The van der Waals surface area contributed by atoms with Crippen molar-refractivity contribution in [3.8, 4) is 5.75 Å². The summed E-state index contributed by atoms with van der Waals surface area (Å²) in [7, 11) is 0. The minimum atomic E-state index is -0.437. The third-order valence-corrected chi connectivity index (χ3v) is 2.93. The first-order valence-electron chi connectivity index (χ1n) is 7.88. The molecule has 4 heteroatoms. The summed E-state index contributed by atoms with van der Waals surface area (Å²) in [5.74, 6) is 0.888. The van der Waals surface area contributed by atoms with Gasteiger partial charge in [0.2, 0.25) is 0 Å². The van der Waals surface area contributed by atoms with Crippen LogP contribution in [-0.2, 0) is 4.74 Å². The van der Waals surface area contributed by atoms with E-state index in [1.807, 2.05) is 45.0 Å². The molecule has 1 amide bonds. The summed E-state index contributed by atoms with van der Waals surface area (Å²) < 4.78 is 10.8. The minimum absolute atomic E-state index is 0.343. The first-order valence-corrected chi connectivity index (χ1v) is 7.88. The van der Waals surface area contributed by atoms with Crippen LogP contribution in [0.3, 0.4) is 0 Å². The Morgan fingerprint density at radius 1 is 1.09 bits per heavy atom. The molecule has 22 heavy (non-hydrogen) atoms. The van der Waals surface area contributed by atoms with Crippen LogP contribution in [-0.4, -0.2) is 24.8 Å². The van der Waals surface area contributed by atoms with E-state index in [-0.39, 0.29) is 6.09 Å². The number of benzene rings is 1. The van der Waals surface area contributed by atoms with Gasteiger partial charge < -0.3 is 14.8 Å². The van der Waals surface area contributed by atoms with Gasteiger partial charge in [-0.1, -0.05) is 25.0 Å². The van der Waals surface area contributed by atoms with Gasteiger partial charge in [-0.25, -0.2) is 4.79 Å². The lowest BCUT2D eigenvalue weighted by Crippen LogP contribution is -2.32. The Morgan fingerprint density at radius 2 is 1.73 bits per heavy atom. The first kappa shape index (κ1) is 18.3. The average molecular weight is 306 g/mol. The van der Waals surface area contributed by atoms with E-state index in [9.17, 15) is 4.79 Å². The monoisotopic (exact) mass is 306 g/mol. The molecular formula is C18H28NO3. The summed E-state index contributed by atoms with van der Waals surface area (Å²) in [4.78, 5) is 11.4. The van der Waals surface area contributed by atoms with Gasteiger partial charge in [0.25, 0.3) is 0 Å². The molecule has 0 bridgehead atoms. The molecule has 0 heterocycles. The van der Waals surface area contributed by atoms with Crippen molar-refractivity contribution in [1.82, 2.24) is 5.32 Å². The molecule has 4 nitrogen and oxygen atoms in total. The quantitative estimate of drug-likeness (QED) is 0.727. The zero-order valence-electron chi connectivity index (χ0n) is 14.0. The van der Waals surface area contributed by atoms with E-state index in [2.05, 4.69) is 12.2 Å². The Bertz CT molecular complexity index is 435. The van der Waals surface area contributed by atoms with Crippen LogP contribution in [0, 0.1) is 6.92 Å². The topological polar surface area (TPSA) is 47.6 Å². The van der Waals surface area contributed by atoms with Crippen molar-refractivity contribution in [3.63, 3.8) is 0 Å². The molecule has 1 aromatic carbocycles. The predicted octanol–water partition coefficient (Wildman–Crippen LogP) is 4.33. The molecule has 0 saturated heterocycles. The van der Waals surface area contributed by atoms with Crippen LogP contribution in [0.15, 0.2) is 24.3 Å². The number of carbonyl (C=O) groups excluding carboxylic acids is 1. The van der Waals surface area contributed by atoms with Crippen LogP contribution in [0.4, 0.5) is 4.79 Å². The molecule has 0 spiro atoms. The van der Waals surface area contributed by atoms with Gasteiger partial charge in [0.15, 0.2) is 0 Å². The summed E-state index contributed by atoms with van der Waals surface area (Å²) >= 11 is 0. The van der Waals surface area contributed by atoms with E-state index in [1.54, 1.807) is 0 Å². The van der Waals surface area contributed by atoms with Crippen LogP contribution in [0.25, 0.3) is 0 Å². The molecule has 0 aliphatic rings. The van der Waals surface area contributed by atoms with Crippen molar-refractivity contribution < 1.29 is 14.3 Å². The van der Waals surface area contributed by atoms with E-state index in [1.165, 1.54) is 0 Å². The largest absolute Gasteiger partial charge is 0.494 e. The van der Waals surface area contributed by atoms with Gasteiger partial charge in [-0.05, 0) is 58.2 Å². The second kappa shape index (κ2) is 9.34. The fourth-order valence-electron chi connectivity index (χ4n) is 1.86. The maximum Gasteiger partial charge on any atom is 0.407 e. The maximum atomic E-state index is 11.4. The Morgan fingerprint density at radius 3 is 2.36 bits per heavy atom. The van der Waals surface area contributed by atoms with Crippen molar-refractivity contribution >= 4 is 6.09 Å². The average Bonchev–Trinajstić information content (AvgIpc) is 2.42. The number of carbonyl (C=O) groups is 1. The highest BCUT2D eigenvalue weighted by molar-refractivity contribution is 5.67. The molecule has 0 aliphatic carbocycles. The highest BCUT2D eigenvalue weighted by atomic mass is 16.6. The van der Waals surface area contributed by atoms with Crippen molar-refractivity contribution in [2.24, 2.45) is 0 Å². The highest BCUT2D eigenvalue weighted by Crippen LogP contribution is 2.12. The fourth-order valence-corrected chi connectivity index (χ4v) is 1.86. The van der Waals surface area contributed by atoms with Crippen molar-refractivity contribution in [2.75, 3.05) is 13.2 Å². The highest BCUT2D eigenvalue weighted by Gasteiger charge is 2.15. The molecule has 123 valence electrons. The second-order valence-electron chi connectivity index (χ2n) is 6.34. The van der Waals surface area contributed by atoms with Crippen molar-refractivity contribution in [3.05, 3.63) is 36.8 Å². The summed E-state index contributed by atoms with van der Waals surface area (Å²) in [6.45, 7) is 10.8. The second-order valence-corrected chi connectivity index (χ2v) is 6.34. The Hall–Kier alpha value is -1.71. The number of unbranched alkanes of at least 4 members (excludes halogenated alkanes) is 3. The molecule has 1 N–H and O–H groups in total. The molecule has 0 unspecified atom stereocenters. The normalized spacial score (nSPS) is 11.1. The van der Waals surface area contributed by atoms with Gasteiger partial charge in [-0.15, -0.1) is 0 Å². The van der Waals surface area contributed by atoms with E-state index in [0.717, 1.165) is 43.6 Å². The molecule has 0 saturated carbocycles. The lowest BCUT2D eigenvalue weighted by Gasteiger charge is -2.19. The zero-order valence-corrected chi connectivity index (χ0v) is 14.0. The zero-order chi connectivity index (χ0) is 16.4. The molecule has 0 atom stereocenters. The maximum absolute atomic E-state index is 11.4. The van der Waals surface area contributed by atoms with Crippen LogP contribution in [0.5, 0.6) is 5.75 Å². The van der Waals surface area contributed by atoms with E-state index >= 15 is 0 Å². The van der Waals surface area contributed by atoms with Gasteiger partial charge in [0.1, 0.15) is 11.4 Å².